The van der Waals surface area contributed by atoms with E-state index in [1.165, 1.54) is 12.1 Å². The fraction of sp³-hybridized carbons (Fsp3) is 0.0465. The van der Waals surface area contributed by atoms with Crippen molar-refractivity contribution in [2.45, 2.75) is 13.8 Å². The highest BCUT2D eigenvalue weighted by Gasteiger charge is 2.22. The first-order chi connectivity index (χ1) is 26.4. The summed E-state index contributed by atoms with van der Waals surface area (Å²) < 4.78 is 0. The van der Waals surface area contributed by atoms with Gasteiger partial charge in [-0.25, -0.2) is 15.0 Å². The van der Waals surface area contributed by atoms with E-state index in [0.29, 0.717) is 27.8 Å². The Morgan fingerprint density at radius 1 is 0.593 bits per heavy atom. The SMILES string of the molecule is Cc1cnc(-c2nc3[nH]ccc(=O)c3cc2-c2cc(-c3cc(-c4nc5[nH]ccc(=O)c5cc4-c4ccc5ncccc5c4)sc3C)c3ncccc3c2)s1. The van der Waals surface area contributed by atoms with Crippen LogP contribution >= 0.6 is 22.7 Å². The molecule has 258 valence electrons. The molecule has 0 radical (unpaired) electrons. The van der Waals surface area contributed by atoms with Crippen LogP contribution in [0.25, 0.3) is 98.5 Å². The topological polar surface area (TPSA) is 130 Å². The number of H-pyrrole nitrogens is 2. The Morgan fingerprint density at radius 3 is 2.02 bits per heavy atom. The number of fused-ring (bicyclic) bond motifs is 4. The van der Waals surface area contributed by atoms with Gasteiger partial charge in [0.2, 0.25) is 0 Å². The molecule has 8 heterocycles. The molecule has 0 aliphatic carbocycles. The number of hydrogen-bond donors (Lipinski definition) is 2. The van der Waals surface area contributed by atoms with Gasteiger partial charge in [-0.1, -0.05) is 18.2 Å². The summed E-state index contributed by atoms with van der Waals surface area (Å²) in [5.41, 5.74) is 9.48. The highest BCUT2D eigenvalue weighted by atomic mass is 32.1. The van der Waals surface area contributed by atoms with Crippen molar-refractivity contribution in [3.8, 4) is 54.7 Å². The Labute approximate surface area is 314 Å². The van der Waals surface area contributed by atoms with Gasteiger partial charge in [0, 0.05) is 80.3 Å². The highest BCUT2D eigenvalue weighted by Crippen LogP contribution is 2.44. The molecule has 0 spiro atoms. The van der Waals surface area contributed by atoms with Crippen LogP contribution in [0, 0.1) is 13.8 Å². The quantitative estimate of drug-likeness (QED) is 0.180. The summed E-state index contributed by atoms with van der Waals surface area (Å²) in [6.07, 6.45) is 8.69. The third kappa shape index (κ3) is 5.32. The van der Waals surface area contributed by atoms with Crippen molar-refractivity contribution in [1.29, 1.82) is 0 Å². The van der Waals surface area contributed by atoms with Gasteiger partial charge >= 0.3 is 0 Å². The molecule has 2 aromatic carbocycles. The molecule has 0 saturated heterocycles. The summed E-state index contributed by atoms with van der Waals surface area (Å²) in [7, 11) is 0. The summed E-state index contributed by atoms with van der Waals surface area (Å²) in [6, 6.07) is 27.4. The van der Waals surface area contributed by atoms with Crippen LogP contribution in [0.15, 0.2) is 126 Å². The van der Waals surface area contributed by atoms with Crippen LogP contribution < -0.4 is 10.9 Å². The fourth-order valence-electron chi connectivity index (χ4n) is 7.11. The Hall–Kier alpha value is -6.69. The zero-order valence-corrected chi connectivity index (χ0v) is 30.5. The maximum Gasteiger partial charge on any atom is 0.191 e. The van der Waals surface area contributed by atoms with E-state index in [1.54, 1.807) is 41.3 Å². The van der Waals surface area contributed by atoms with Crippen molar-refractivity contribution in [2.75, 3.05) is 0 Å². The lowest BCUT2D eigenvalue weighted by Crippen LogP contribution is -2.03. The van der Waals surface area contributed by atoms with E-state index in [0.717, 1.165) is 80.5 Å². The lowest BCUT2D eigenvalue weighted by molar-refractivity contribution is 1.26. The fourth-order valence-corrected chi connectivity index (χ4v) is 8.92. The number of thiazole rings is 1. The predicted octanol–water partition coefficient (Wildman–Crippen LogP) is 9.73. The van der Waals surface area contributed by atoms with Crippen molar-refractivity contribution in [3.05, 3.63) is 146 Å². The molecular weight excluding hydrogens is 711 g/mol. The summed E-state index contributed by atoms with van der Waals surface area (Å²) in [5.74, 6) is 0. The van der Waals surface area contributed by atoms with Gasteiger partial charge in [0.15, 0.2) is 10.9 Å². The molecular formula is C43H27N7O2S2. The monoisotopic (exact) mass is 737 g/mol. The first-order valence-corrected chi connectivity index (χ1v) is 18.8. The van der Waals surface area contributed by atoms with Crippen LogP contribution in [0.4, 0.5) is 0 Å². The van der Waals surface area contributed by atoms with Crippen molar-refractivity contribution in [3.63, 3.8) is 0 Å². The third-order valence-corrected chi connectivity index (χ3v) is 11.7. The Kier molecular flexibility index (Phi) is 7.39. The molecule has 0 atom stereocenters. The number of aromatic nitrogens is 7. The standard InChI is InChI=1S/C43H27N7O2S2/c1-22-21-48-43(53-22)40-30(19-33-36(52)10-14-47-42(33)50-40)27-16-26-6-4-12-45-38(26)31(17-27)28-20-37(54-23(28)2)39-29(18-32-35(51)9-13-46-41(32)49-39)24-7-8-34-25(15-24)5-3-11-44-34/h3-21H,1-2H3,(H,46,49,51)(H,47,50,52). The average Bonchev–Trinajstić information content (AvgIpc) is 3.81. The third-order valence-electron chi connectivity index (χ3n) is 9.68. The van der Waals surface area contributed by atoms with E-state index in [9.17, 15) is 9.59 Å². The maximum atomic E-state index is 13.1. The minimum atomic E-state index is -0.108. The molecule has 0 amide bonds. The lowest BCUT2D eigenvalue weighted by atomic mass is 9.94. The zero-order chi connectivity index (χ0) is 36.5. The number of hydrogen-bond acceptors (Lipinski definition) is 9. The molecule has 2 N–H and O–H groups in total. The second-order valence-electron chi connectivity index (χ2n) is 13.1. The van der Waals surface area contributed by atoms with E-state index < -0.39 is 0 Å². The van der Waals surface area contributed by atoms with E-state index in [4.69, 9.17) is 19.9 Å². The molecule has 8 aromatic heterocycles. The molecule has 10 rings (SSSR count). The van der Waals surface area contributed by atoms with Gasteiger partial charge in [-0.15, -0.1) is 22.7 Å². The number of pyridine rings is 6. The Balaban J connectivity index is 1.20. The van der Waals surface area contributed by atoms with Crippen molar-refractivity contribution >= 4 is 66.5 Å². The lowest BCUT2D eigenvalue weighted by Gasteiger charge is -2.13. The van der Waals surface area contributed by atoms with E-state index in [1.807, 2.05) is 61.8 Å². The highest BCUT2D eigenvalue weighted by molar-refractivity contribution is 7.16. The summed E-state index contributed by atoms with van der Waals surface area (Å²) in [4.78, 5) is 59.7. The smallest absolute Gasteiger partial charge is 0.191 e. The molecule has 0 fully saturated rings. The second-order valence-corrected chi connectivity index (χ2v) is 15.6. The van der Waals surface area contributed by atoms with Crippen LogP contribution in [0.3, 0.4) is 0 Å². The van der Waals surface area contributed by atoms with Crippen LogP contribution in [0.1, 0.15) is 9.75 Å². The minimum Gasteiger partial charge on any atom is -0.346 e. The molecule has 54 heavy (non-hydrogen) atoms. The molecule has 0 aliphatic rings. The average molecular weight is 738 g/mol. The van der Waals surface area contributed by atoms with Crippen LogP contribution in [-0.2, 0) is 0 Å². The van der Waals surface area contributed by atoms with Gasteiger partial charge in [-0.2, -0.15) is 0 Å². The number of aromatic amines is 2. The van der Waals surface area contributed by atoms with Gasteiger partial charge in [0.25, 0.3) is 0 Å². The molecule has 0 saturated carbocycles. The van der Waals surface area contributed by atoms with Gasteiger partial charge in [0.1, 0.15) is 22.0 Å². The number of nitrogens with one attached hydrogen (secondary N) is 2. The number of nitrogens with zero attached hydrogens (tertiary/aromatic N) is 5. The minimum absolute atomic E-state index is 0.0960. The van der Waals surface area contributed by atoms with Gasteiger partial charge in [0.05, 0.1) is 32.4 Å². The number of thiophene rings is 1. The van der Waals surface area contributed by atoms with E-state index >= 15 is 0 Å². The molecule has 9 nitrogen and oxygen atoms in total. The van der Waals surface area contributed by atoms with Crippen molar-refractivity contribution in [1.82, 2.24) is 34.9 Å². The number of rotatable bonds is 5. The number of benzene rings is 2. The Morgan fingerprint density at radius 2 is 1.28 bits per heavy atom. The predicted molar refractivity (Wildman–Crippen MR) is 219 cm³/mol. The molecule has 10 aromatic rings. The van der Waals surface area contributed by atoms with Crippen LogP contribution in [0.2, 0.25) is 0 Å². The van der Waals surface area contributed by atoms with Gasteiger partial charge < -0.3 is 9.97 Å². The van der Waals surface area contributed by atoms with Gasteiger partial charge in [-0.05, 0) is 85.1 Å². The van der Waals surface area contributed by atoms with Crippen molar-refractivity contribution < 1.29 is 0 Å². The summed E-state index contributed by atoms with van der Waals surface area (Å²) in [6.45, 7) is 4.13. The Bertz CT molecular complexity index is 3270. The van der Waals surface area contributed by atoms with Crippen LogP contribution in [0.5, 0.6) is 0 Å². The van der Waals surface area contributed by atoms with E-state index in [2.05, 4.69) is 52.2 Å². The van der Waals surface area contributed by atoms with E-state index in [-0.39, 0.29) is 10.9 Å². The van der Waals surface area contributed by atoms with Gasteiger partial charge in [-0.3, -0.25) is 19.6 Å². The summed E-state index contributed by atoms with van der Waals surface area (Å²) >= 11 is 3.21. The second kappa shape index (κ2) is 12.5. The van der Waals surface area contributed by atoms with Crippen LogP contribution in [-0.4, -0.2) is 34.9 Å². The molecule has 0 aliphatic heterocycles. The molecule has 0 unspecified atom stereocenters. The zero-order valence-electron chi connectivity index (χ0n) is 28.8. The first-order valence-electron chi connectivity index (χ1n) is 17.2. The maximum absolute atomic E-state index is 13.1. The molecule has 0 bridgehead atoms. The largest absolute Gasteiger partial charge is 0.346 e. The molecule has 11 heteroatoms. The number of aryl methyl sites for hydroxylation is 2. The van der Waals surface area contributed by atoms with Crippen molar-refractivity contribution in [2.24, 2.45) is 0 Å². The first kappa shape index (κ1) is 32.0. The normalized spacial score (nSPS) is 11.7. The summed E-state index contributed by atoms with van der Waals surface area (Å²) in [5, 5.41) is 3.75.